The van der Waals surface area contributed by atoms with Crippen molar-refractivity contribution in [2.24, 2.45) is 7.05 Å². The van der Waals surface area contributed by atoms with E-state index >= 15 is 4.39 Å². The average molecular weight is 567 g/mol. The number of aryl methyl sites for hydroxylation is 1. The van der Waals surface area contributed by atoms with Crippen molar-refractivity contribution in [1.29, 1.82) is 5.26 Å². The van der Waals surface area contributed by atoms with E-state index in [4.69, 9.17) is 4.98 Å². The Labute approximate surface area is 240 Å². The van der Waals surface area contributed by atoms with Gasteiger partial charge in [-0.1, -0.05) is 6.07 Å². The summed E-state index contributed by atoms with van der Waals surface area (Å²) in [4.78, 5) is 18.5. The lowest BCUT2D eigenvalue weighted by Gasteiger charge is -2.33. The first-order valence-electron chi connectivity index (χ1n) is 14.0. The van der Waals surface area contributed by atoms with E-state index in [2.05, 4.69) is 21.6 Å². The van der Waals surface area contributed by atoms with Gasteiger partial charge < -0.3 is 9.88 Å². The van der Waals surface area contributed by atoms with Gasteiger partial charge in [0.15, 0.2) is 5.82 Å². The molecule has 0 saturated heterocycles. The number of halogens is 2. The molecule has 42 heavy (non-hydrogen) atoms. The smallest absolute Gasteiger partial charge is 0.317 e. The molecule has 11 heteroatoms. The van der Waals surface area contributed by atoms with Gasteiger partial charge in [-0.15, -0.1) is 10.2 Å². The zero-order valence-corrected chi connectivity index (χ0v) is 23.0. The van der Waals surface area contributed by atoms with Crippen LogP contribution in [-0.4, -0.2) is 40.9 Å². The van der Waals surface area contributed by atoms with E-state index in [1.165, 1.54) is 21.2 Å². The third-order valence-electron chi connectivity index (χ3n) is 8.28. The fourth-order valence-corrected chi connectivity index (χ4v) is 5.61. The number of pyridine rings is 2. The lowest BCUT2D eigenvalue weighted by molar-refractivity contribution is 0.0630. The molecule has 0 radical (unpaired) electrons. The van der Waals surface area contributed by atoms with Gasteiger partial charge >= 0.3 is 5.69 Å². The topological polar surface area (TPSA) is 106 Å². The molecule has 2 fully saturated rings. The monoisotopic (exact) mass is 566 g/mol. The Morgan fingerprint density at radius 1 is 1.14 bits per heavy atom. The van der Waals surface area contributed by atoms with E-state index in [-0.39, 0.29) is 24.5 Å². The molecule has 212 valence electrons. The molecule has 2 saturated carbocycles. The van der Waals surface area contributed by atoms with Crippen LogP contribution in [0, 0.1) is 17.1 Å². The van der Waals surface area contributed by atoms with Crippen molar-refractivity contribution in [2.75, 3.05) is 6.54 Å². The SMILES string of the molecule is Cn1cnnc1-c1cc(C#N)ccc1-c1cc(C2CC2)nc(-n2cc3c(F)cc(CNCC4(F)CCC4)cn3c2=O)c1. The van der Waals surface area contributed by atoms with Gasteiger partial charge in [-0.2, -0.15) is 5.26 Å². The summed E-state index contributed by atoms with van der Waals surface area (Å²) >= 11 is 0. The standard InChI is InChI=1S/C31H28F2N8O/c1-39-18-36-38-29(39)24-9-19(13-34)3-6-23(24)22-11-26(21-4-5-21)37-28(12-22)41-16-27-25(32)10-20(15-40(27)30(41)42)14-35-17-31(33)7-2-8-31/h3,6,9-12,15-16,18,21,35H,2,4-5,7-8,14,17H2,1H3. The van der Waals surface area contributed by atoms with Gasteiger partial charge in [0.25, 0.3) is 0 Å². The molecule has 9 nitrogen and oxygen atoms in total. The first-order valence-corrected chi connectivity index (χ1v) is 14.0. The second-order valence-electron chi connectivity index (χ2n) is 11.4. The summed E-state index contributed by atoms with van der Waals surface area (Å²) in [6.45, 7) is 0.453. The second-order valence-corrected chi connectivity index (χ2v) is 11.4. The molecular weight excluding hydrogens is 538 g/mol. The molecule has 0 unspecified atom stereocenters. The normalized spacial score (nSPS) is 16.0. The highest BCUT2D eigenvalue weighted by atomic mass is 19.1. The van der Waals surface area contributed by atoms with Crippen molar-refractivity contribution in [3.05, 3.63) is 88.2 Å². The van der Waals surface area contributed by atoms with Crippen LogP contribution in [0.25, 0.3) is 33.8 Å². The number of hydrogen-bond donors (Lipinski definition) is 1. The van der Waals surface area contributed by atoms with Gasteiger partial charge in [-0.05, 0) is 79.1 Å². The fraction of sp³-hybridized carbons (Fsp3) is 0.323. The van der Waals surface area contributed by atoms with Crippen LogP contribution in [0.15, 0.2) is 59.9 Å². The van der Waals surface area contributed by atoms with Crippen LogP contribution < -0.4 is 11.0 Å². The third-order valence-corrected chi connectivity index (χ3v) is 8.28. The van der Waals surface area contributed by atoms with Gasteiger partial charge in [0, 0.05) is 49.7 Å². The first kappa shape index (κ1) is 26.2. The summed E-state index contributed by atoms with van der Waals surface area (Å²) in [5, 5.41) is 20.9. The Hall–Kier alpha value is -4.69. The predicted molar refractivity (Wildman–Crippen MR) is 152 cm³/mol. The second kappa shape index (κ2) is 9.99. The number of nitrogens with one attached hydrogen (secondary N) is 1. The van der Waals surface area contributed by atoms with Gasteiger partial charge in [0.1, 0.15) is 29.1 Å². The van der Waals surface area contributed by atoms with Crippen LogP contribution in [0.3, 0.4) is 0 Å². The molecule has 2 aliphatic rings. The number of nitrogens with zero attached hydrogens (tertiary/aromatic N) is 7. The summed E-state index contributed by atoms with van der Waals surface area (Å²) in [5.41, 5.74) is 2.70. The largest absolute Gasteiger partial charge is 0.338 e. The third kappa shape index (κ3) is 4.67. The summed E-state index contributed by atoms with van der Waals surface area (Å²) in [7, 11) is 1.83. The molecule has 0 spiro atoms. The number of alkyl halides is 1. The molecular formula is C31H28F2N8O. The summed E-state index contributed by atoms with van der Waals surface area (Å²) in [6.07, 6.45) is 8.60. The van der Waals surface area contributed by atoms with Crippen molar-refractivity contribution >= 4 is 5.52 Å². The zero-order chi connectivity index (χ0) is 29.0. The first-order chi connectivity index (χ1) is 20.3. The van der Waals surface area contributed by atoms with Crippen LogP contribution >= 0.6 is 0 Å². The van der Waals surface area contributed by atoms with E-state index in [0.29, 0.717) is 35.6 Å². The van der Waals surface area contributed by atoms with Gasteiger partial charge in [0.2, 0.25) is 0 Å². The molecule has 0 atom stereocenters. The maximum absolute atomic E-state index is 15.2. The van der Waals surface area contributed by atoms with Crippen molar-refractivity contribution in [2.45, 2.75) is 50.2 Å². The maximum atomic E-state index is 15.2. The Morgan fingerprint density at radius 3 is 2.67 bits per heavy atom. The molecule has 5 aromatic rings. The number of nitriles is 1. The van der Waals surface area contributed by atoms with E-state index in [1.807, 2.05) is 19.2 Å². The molecule has 4 heterocycles. The average Bonchev–Trinajstić information content (AvgIpc) is 3.66. The number of rotatable bonds is 8. The van der Waals surface area contributed by atoms with Gasteiger partial charge in [0.05, 0.1) is 11.6 Å². The minimum absolute atomic E-state index is 0.128. The minimum Gasteiger partial charge on any atom is -0.317 e. The number of hydrogen-bond acceptors (Lipinski definition) is 6. The molecule has 4 aromatic heterocycles. The van der Waals surface area contributed by atoms with E-state index < -0.39 is 17.2 Å². The molecule has 1 aromatic carbocycles. The Morgan fingerprint density at radius 2 is 1.98 bits per heavy atom. The lowest BCUT2D eigenvalue weighted by atomic mass is 9.82. The molecule has 0 amide bonds. The highest BCUT2D eigenvalue weighted by Crippen LogP contribution is 2.42. The highest BCUT2D eigenvalue weighted by Gasteiger charge is 2.36. The van der Waals surface area contributed by atoms with Crippen LogP contribution in [0.4, 0.5) is 8.78 Å². The molecule has 0 bridgehead atoms. The molecule has 2 aliphatic carbocycles. The number of imidazole rings is 1. The summed E-state index contributed by atoms with van der Waals surface area (Å²) in [6, 6.07) is 12.7. The maximum Gasteiger partial charge on any atom is 0.338 e. The van der Waals surface area contributed by atoms with E-state index in [1.54, 1.807) is 35.3 Å². The fourth-order valence-electron chi connectivity index (χ4n) is 5.61. The van der Waals surface area contributed by atoms with Crippen molar-refractivity contribution in [3.63, 3.8) is 0 Å². The summed E-state index contributed by atoms with van der Waals surface area (Å²) in [5.74, 6) is 0.704. The predicted octanol–water partition coefficient (Wildman–Crippen LogP) is 4.82. The van der Waals surface area contributed by atoms with Crippen molar-refractivity contribution < 1.29 is 8.78 Å². The van der Waals surface area contributed by atoms with Crippen LogP contribution in [-0.2, 0) is 13.6 Å². The number of fused-ring (bicyclic) bond motifs is 1. The molecule has 7 rings (SSSR count). The molecule has 1 N–H and O–H groups in total. The Bertz CT molecular complexity index is 1940. The Kier molecular flexibility index (Phi) is 6.24. The minimum atomic E-state index is -1.19. The van der Waals surface area contributed by atoms with Crippen LogP contribution in [0.5, 0.6) is 0 Å². The highest BCUT2D eigenvalue weighted by molar-refractivity contribution is 5.82. The van der Waals surface area contributed by atoms with Crippen molar-refractivity contribution in [1.82, 2.24) is 34.0 Å². The van der Waals surface area contributed by atoms with Gasteiger partial charge in [-0.25, -0.2) is 18.6 Å². The quantitative estimate of drug-likeness (QED) is 0.289. The number of benzene rings is 1. The van der Waals surface area contributed by atoms with Crippen LogP contribution in [0.2, 0.25) is 0 Å². The van der Waals surface area contributed by atoms with E-state index in [9.17, 15) is 14.4 Å². The van der Waals surface area contributed by atoms with Gasteiger partial charge in [-0.3, -0.25) is 8.97 Å². The zero-order valence-electron chi connectivity index (χ0n) is 23.0. The summed E-state index contributed by atoms with van der Waals surface area (Å²) < 4.78 is 34.0. The Balaban J connectivity index is 1.31. The van der Waals surface area contributed by atoms with Crippen molar-refractivity contribution in [3.8, 4) is 34.4 Å². The number of aromatic nitrogens is 6. The van der Waals surface area contributed by atoms with E-state index in [0.717, 1.165) is 41.6 Å². The lowest BCUT2D eigenvalue weighted by Crippen LogP contribution is -2.42. The molecule has 0 aliphatic heterocycles. The van der Waals surface area contributed by atoms with Crippen LogP contribution in [0.1, 0.15) is 54.8 Å².